The SMILES string of the molecule is CC1CC(NC2CCCCCC2O)CC(C)(C)C1. The van der Waals surface area contributed by atoms with Crippen LogP contribution in [0.15, 0.2) is 0 Å². The average Bonchev–Trinajstić information content (AvgIpc) is 2.41. The summed E-state index contributed by atoms with van der Waals surface area (Å²) < 4.78 is 0. The number of hydrogen-bond acceptors (Lipinski definition) is 2. The van der Waals surface area contributed by atoms with Crippen LogP contribution in [0.2, 0.25) is 0 Å². The van der Waals surface area contributed by atoms with Crippen molar-refractivity contribution in [1.82, 2.24) is 5.32 Å². The molecule has 0 bridgehead atoms. The summed E-state index contributed by atoms with van der Waals surface area (Å²) in [6, 6.07) is 0.958. The highest BCUT2D eigenvalue weighted by Gasteiger charge is 2.34. The highest BCUT2D eigenvalue weighted by atomic mass is 16.3. The molecular formula is C16H31NO. The van der Waals surface area contributed by atoms with Gasteiger partial charge in [-0.15, -0.1) is 0 Å². The minimum absolute atomic E-state index is 0.118. The molecule has 0 aromatic carbocycles. The number of aliphatic hydroxyl groups is 1. The summed E-state index contributed by atoms with van der Waals surface area (Å²) in [7, 11) is 0. The van der Waals surface area contributed by atoms with Crippen LogP contribution < -0.4 is 5.32 Å². The summed E-state index contributed by atoms with van der Waals surface area (Å²) in [4.78, 5) is 0. The number of hydrogen-bond donors (Lipinski definition) is 2. The van der Waals surface area contributed by atoms with Gasteiger partial charge in [-0.3, -0.25) is 0 Å². The molecule has 2 saturated carbocycles. The molecule has 2 aliphatic rings. The molecule has 0 aromatic rings. The first-order valence-electron chi connectivity index (χ1n) is 7.90. The van der Waals surface area contributed by atoms with Crippen LogP contribution in [0, 0.1) is 11.3 Å². The Kier molecular flexibility index (Phi) is 4.71. The molecular weight excluding hydrogens is 222 g/mol. The molecule has 0 saturated heterocycles. The lowest BCUT2D eigenvalue weighted by Gasteiger charge is -2.41. The van der Waals surface area contributed by atoms with E-state index in [0.717, 1.165) is 18.8 Å². The Hall–Kier alpha value is -0.0800. The maximum Gasteiger partial charge on any atom is 0.0693 e. The van der Waals surface area contributed by atoms with E-state index in [9.17, 15) is 5.11 Å². The second-order valence-corrected chi connectivity index (χ2v) is 7.59. The molecule has 2 nitrogen and oxygen atoms in total. The summed E-state index contributed by atoms with van der Waals surface area (Å²) in [6.07, 6.45) is 9.70. The van der Waals surface area contributed by atoms with E-state index in [-0.39, 0.29) is 6.10 Å². The monoisotopic (exact) mass is 253 g/mol. The van der Waals surface area contributed by atoms with Gasteiger partial charge in [0.2, 0.25) is 0 Å². The van der Waals surface area contributed by atoms with Crippen LogP contribution in [0.25, 0.3) is 0 Å². The largest absolute Gasteiger partial charge is 0.392 e. The Morgan fingerprint density at radius 3 is 2.50 bits per heavy atom. The van der Waals surface area contributed by atoms with Crippen molar-refractivity contribution in [2.24, 2.45) is 11.3 Å². The number of rotatable bonds is 2. The highest BCUT2D eigenvalue weighted by molar-refractivity contribution is 4.90. The molecule has 0 radical (unpaired) electrons. The van der Waals surface area contributed by atoms with Crippen LogP contribution in [0.1, 0.15) is 72.1 Å². The van der Waals surface area contributed by atoms with Gasteiger partial charge < -0.3 is 10.4 Å². The maximum absolute atomic E-state index is 10.2. The van der Waals surface area contributed by atoms with E-state index in [2.05, 4.69) is 26.1 Å². The molecule has 4 atom stereocenters. The van der Waals surface area contributed by atoms with Crippen molar-refractivity contribution in [3.8, 4) is 0 Å². The summed E-state index contributed by atoms with van der Waals surface area (Å²) in [5.41, 5.74) is 0.463. The van der Waals surface area contributed by atoms with Gasteiger partial charge in [0.15, 0.2) is 0 Å². The lowest BCUT2D eigenvalue weighted by molar-refractivity contribution is 0.0874. The molecule has 0 aliphatic heterocycles. The topological polar surface area (TPSA) is 32.3 Å². The van der Waals surface area contributed by atoms with Gasteiger partial charge in [0.25, 0.3) is 0 Å². The molecule has 2 aliphatic carbocycles. The van der Waals surface area contributed by atoms with E-state index in [1.54, 1.807) is 0 Å². The fourth-order valence-corrected chi connectivity index (χ4v) is 4.26. The lowest BCUT2D eigenvalue weighted by atomic mass is 9.70. The molecule has 0 spiro atoms. The molecule has 4 unspecified atom stereocenters. The molecule has 2 fully saturated rings. The highest BCUT2D eigenvalue weighted by Crippen LogP contribution is 2.38. The number of aliphatic hydroxyl groups excluding tert-OH is 1. The van der Waals surface area contributed by atoms with Crippen LogP contribution in [0.5, 0.6) is 0 Å². The van der Waals surface area contributed by atoms with Crippen molar-refractivity contribution < 1.29 is 5.11 Å². The fourth-order valence-electron chi connectivity index (χ4n) is 4.26. The predicted octanol–water partition coefficient (Wildman–Crippen LogP) is 3.48. The van der Waals surface area contributed by atoms with Crippen molar-refractivity contribution in [3.63, 3.8) is 0 Å². The molecule has 2 rings (SSSR count). The predicted molar refractivity (Wildman–Crippen MR) is 76.6 cm³/mol. The van der Waals surface area contributed by atoms with Gasteiger partial charge >= 0.3 is 0 Å². The van der Waals surface area contributed by atoms with Crippen LogP contribution in [-0.4, -0.2) is 23.3 Å². The third-order valence-electron chi connectivity index (χ3n) is 4.82. The molecule has 18 heavy (non-hydrogen) atoms. The Morgan fingerprint density at radius 1 is 1.06 bits per heavy atom. The quantitative estimate of drug-likeness (QED) is 0.738. The molecule has 106 valence electrons. The van der Waals surface area contributed by atoms with Crippen LogP contribution >= 0.6 is 0 Å². The first kappa shape index (κ1) is 14.3. The Bertz CT molecular complexity index is 264. The molecule has 2 N–H and O–H groups in total. The second kappa shape index (κ2) is 5.92. The molecule has 0 heterocycles. The minimum atomic E-state index is -0.118. The normalized spacial score (nSPS) is 41.3. The third kappa shape index (κ3) is 3.96. The first-order chi connectivity index (χ1) is 8.46. The Morgan fingerprint density at radius 2 is 1.78 bits per heavy atom. The van der Waals surface area contributed by atoms with E-state index in [0.29, 0.717) is 17.5 Å². The summed E-state index contributed by atoms with van der Waals surface area (Å²) in [5, 5.41) is 14.0. The van der Waals surface area contributed by atoms with Crippen molar-refractivity contribution >= 4 is 0 Å². The maximum atomic E-state index is 10.2. The van der Waals surface area contributed by atoms with E-state index in [4.69, 9.17) is 0 Å². The Balaban J connectivity index is 1.91. The summed E-state index contributed by atoms with van der Waals surface area (Å²) in [6.45, 7) is 7.15. The van der Waals surface area contributed by atoms with Crippen molar-refractivity contribution in [1.29, 1.82) is 0 Å². The van der Waals surface area contributed by atoms with Crippen molar-refractivity contribution in [3.05, 3.63) is 0 Å². The smallest absolute Gasteiger partial charge is 0.0693 e. The standard InChI is InChI=1S/C16H31NO/c1-12-9-13(11-16(2,3)10-12)17-14-7-5-4-6-8-15(14)18/h12-15,17-18H,4-11H2,1-3H3. The average molecular weight is 253 g/mol. The molecule has 0 amide bonds. The van der Waals surface area contributed by atoms with Crippen molar-refractivity contribution in [2.45, 2.75) is 90.3 Å². The van der Waals surface area contributed by atoms with E-state index in [1.807, 2.05) is 0 Å². The fraction of sp³-hybridized carbons (Fsp3) is 1.00. The van der Waals surface area contributed by atoms with Gasteiger partial charge in [0.05, 0.1) is 6.10 Å². The summed E-state index contributed by atoms with van der Waals surface area (Å²) in [5.74, 6) is 0.814. The first-order valence-corrected chi connectivity index (χ1v) is 7.90. The molecule has 0 aromatic heterocycles. The minimum Gasteiger partial charge on any atom is -0.392 e. The van der Waals surface area contributed by atoms with Gasteiger partial charge in [-0.05, 0) is 43.4 Å². The van der Waals surface area contributed by atoms with Gasteiger partial charge in [-0.25, -0.2) is 0 Å². The van der Waals surface area contributed by atoms with Gasteiger partial charge in [0, 0.05) is 12.1 Å². The van der Waals surface area contributed by atoms with Gasteiger partial charge in [-0.2, -0.15) is 0 Å². The number of nitrogens with one attached hydrogen (secondary N) is 1. The summed E-state index contributed by atoms with van der Waals surface area (Å²) >= 11 is 0. The zero-order valence-electron chi connectivity index (χ0n) is 12.4. The van der Waals surface area contributed by atoms with Crippen LogP contribution in [0.3, 0.4) is 0 Å². The Labute approximate surface area is 113 Å². The zero-order valence-corrected chi connectivity index (χ0v) is 12.4. The van der Waals surface area contributed by atoms with E-state index in [1.165, 1.54) is 38.5 Å². The third-order valence-corrected chi connectivity index (χ3v) is 4.82. The van der Waals surface area contributed by atoms with Gasteiger partial charge in [-0.1, -0.05) is 40.0 Å². The van der Waals surface area contributed by atoms with Gasteiger partial charge in [0.1, 0.15) is 0 Å². The van der Waals surface area contributed by atoms with Crippen LogP contribution in [0.4, 0.5) is 0 Å². The molecule has 2 heteroatoms. The zero-order chi connectivity index (χ0) is 13.2. The van der Waals surface area contributed by atoms with Crippen molar-refractivity contribution in [2.75, 3.05) is 0 Å². The lowest BCUT2D eigenvalue weighted by Crippen LogP contribution is -2.49. The van der Waals surface area contributed by atoms with Crippen LogP contribution in [-0.2, 0) is 0 Å². The van der Waals surface area contributed by atoms with E-state index >= 15 is 0 Å². The second-order valence-electron chi connectivity index (χ2n) is 7.59. The van der Waals surface area contributed by atoms with E-state index < -0.39 is 0 Å².